The molecular formula is C16H15F2NO. The summed E-state index contributed by atoms with van der Waals surface area (Å²) in [5, 5.41) is 2.69. The molecule has 0 fully saturated rings. The molecule has 0 saturated heterocycles. The molecule has 0 spiro atoms. The van der Waals surface area contributed by atoms with Gasteiger partial charge in [-0.15, -0.1) is 0 Å². The van der Waals surface area contributed by atoms with Crippen LogP contribution in [-0.2, 0) is 17.8 Å². The molecule has 0 heterocycles. The zero-order chi connectivity index (χ0) is 14.4. The van der Waals surface area contributed by atoms with Gasteiger partial charge in [0.25, 0.3) is 0 Å². The minimum absolute atomic E-state index is 0.183. The molecule has 0 saturated carbocycles. The molecule has 0 aromatic heterocycles. The monoisotopic (exact) mass is 275 g/mol. The molecule has 2 aromatic rings. The Labute approximate surface area is 116 Å². The highest BCUT2D eigenvalue weighted by atomic mass is 19.1. The highest BCUT2D eigenvalue weighted by Crippen LogP contribution is 2.09. The van der Waals surface area contributed by atoms with Crippen molar-refractivity contribution in [2.75, 3.05) is 0 Å². The lowest BCUT2D eigenvalue weighted by Gasteiger charge is -2.06. The molecule has 0 bridgehead atoms. The Kier molecular flexibility index (Phi) is 4.82. The summed E-state index contributed by atoms with van der Waals surface area (Å²) in [5.74, 6) is -0.814. The summed E-state index contributed by atoms with van der Waals surface area (Å²) < 4.78 is 26.3. The second-order valence-electron chi connectivity index (χ2n) is 4.50. The summed E-state index contributed by atoms with van der Waals surface area (Å²) in [6, 6.07) is 12.4. The largest absolute Gasteiger partial charge is 0.352 e. The van der Waals surface area contributed by atoms with Gasteiger partial charge in [-0.05, 0) is 35.7 Å². The van der Waals surface area contributed by atoms with Crippen LogP contribution in [0.2, 0.25) is 0 Å². The van der Waals surface area contributed by atoms with Gasteiger partial charge in [0.1, 0.15) is 11.6 Å². The van der Waals surface area contributed by atoms with E-state index >= 15 is 0 Å². The van der Waals surface area contributed by atoms with Crippen LogP contribution in [0.15, 0.2) is 48.5 Å². The van der Waals surface area contributed by atoms with Crippen molar-refractivity contribution in [1.82, 2.24) is 5.32 Å². The molecule has 0 aliphatic rings. The Morgan fingerprint density at radius 2 is 1.85 bits per heavy atom. The molecule has 0 unspecified atom stereocenters. The average molecular weight is 275 g/mol. The van der Waals surface area contributed by atoms with E-state index in [-0.39, 0.29) is 30.5 Å². The van der Waals surface area contributed by atoms with E-state index in [1.807, 2.05) is 0 Å². The van der Waals surface area contributed by atoms with Crippen molar-refractivity contribution in [2.24, 2.45) is 0 Å². The summed E-state index contributed by atoms with van der Waals surface area (Å²) in [6.07, 6.45) is 0.553. The minimum Gasteiger partial charge on any atom is -0.352 e. The van der Waals surface area contributed by atoms with Gasteiger partial charge in [-0.25, -0.2) is 8.78 Å². The smallest absolute Gasteiger partial charge is 0.220 e. The Morgan fingerprint density at radius 3 is 2.60 bits per heavy atom. The summed E-state index contributed by atoms with van der Waals surface area (Å²) >= 11 is 0. The van der Waals surface area contributed by atoms with E-state index in [1.54, 1.807) is 30.3 Å². The number of amides is 1. The second kappa shape index (κ2) is 6.80. The van der Waals surface area contributed by atoms with Crippen LogP contribution in [0.5, 0.6) is 0 Å². The molecule has 2 rings (SSSR count). The molecule has 4 heteroatoms. The van der Waals surface area contributed by atoms with Crippen LogP contribution in [-0.4, -0.2) is 5.91 Å². The number of rotatable bonds is 5. The first kappa shape index (κ1) is 14.2. The molecule has 20 heavy (non-hydrogen) atoms. The van der Waals surface area contributed by atoms with Gasteiger partial charge in [-0.2, -0.15) is 0 Å². The van der Waals surface area contributed by atoms with E-state index in [0.29, 0.717) is 17.5 Å². The fourth-order valence-electron chi connectivity index (χ4n) is 1.89. The van der Waals surface area contributed by atoms with Gasteiger partial charge < -0.3 is 5.32 Å². The summed E-state index contributed by atoms with van der Waals surface area (Å²) in [5.41, 5.74) is 1.22. The Bertz CT molecular complexity index is 599. The molecule has 1 amide bonds. The topological polar surface area (TPSA) is 29.1 Å². The van der Waals surface area contributed by atoms with Crippen LogP contribution in [0.4, 0.5) is 8.78 Å². The SMILES string of the molecule is O=C(CCc1ccccc1F)NCc1cccc(F)c1. The number of halogens is 2. The van der Waals surface area contributed by atoms with E-state index in [4.69, 9.17) is 0 Å². The molecule has 104 valence electrons. The lowest BCUT2D eigenvalue weighted by atomic mass is 10.1. The van der Waals surface area contributed by atoms with Crippen molar-refractivity contribution in [2.45, 2.75) is 19.4 Å². The third-order valence-electron chi connectivity index (χ3n) is 2.96. The van der Waals surface area contributed by atoms with Gasteiger partial charge in [0, 0.05) is 13.0 Å². The highest BCUT2D eigenvalue weighted by Gasteiger charge is 2.05. The number of nitrogens with one attached hydrogen (secondary N) is 1. The summed E-state index contributed by atoms with van der Waals surface area (Å²) in [7, 11) is 0. The molecule has 0 aliphatic heterocycles. The summed E-state index contributed by atoms with van der Waals surface area (Å²) in [4.78, 5) is 11.7. The lowest BCUT2D eigenvalue weighted by molar-refractivity contribution is -0.121. The maximum absolute atomic E-state index is 13.4. The Morgan fingerprint density at radius 1 is 1.05 bits per heavy atom. The first-order valence-electron chi connectivity index (χ1n) is 6.40. The predicted octanol–water partition coefficient (Wildman–Crippen LogP) is 3.21. The number of carbonyl (C=O) groups excluding carboxylic acids is 1. The fraction of sp³-hybridized carbons (Fsp3) is 0.188. The number of carbonyl (C=O) groups is 1. The Hall–Kier alpha value is -2.23. The average Bonchev–Trinajstić information content (AvgIpc) is 2.44. The first-order valence-corrected chi connectivity index (χ1v) is 6.40. The molecule has 1 N–H and O–H groups in total. The van der Waals surface area contributed by atoms with Crippen LogP contribution in [0, 0.1) is 11.6 Å². The van der Waals surface area contributed by atoms with E-state index < -0.39 is 0 Å². The third-order valence-corrected chi connectivity index (χ3v) is 2.96. The van der Waals surface area contributed by atoms with Gasteiger partial charge in [-0.1, -0.05) is 30.3 Å². The maximum atomic E-state index is 13.4. The van der Waals surface area contributed by atoms with E-state index in [0.717, 1.165) is 0 Å². The fourth-order valence-corrected chi connectivity index (χ4v) is 1.89. The third kappa shape index (κ3) is 4.16. The standard InChI is InChI=1S/C16H15F2NO/c17-14-6-3-4-12(10-14)11-19-16(20)9-8-13-5-1-2-7-15(13)18/h1-7,10H,8-9,11H2,(H,19,20). The number of hydrogen-bond acceptors (Lipinski definition) is 1. The van der Waals surface area contributed by atoms with Crippen molar-refractivity contribution in [3.8, 4) is 0 Å². The predicted molar refractivity (Wildman–Crippen MR) is 73.0 cm³/mol. The van der Waals surface area contributed by atoms with E-state index in [2.05, 4.69) is 5.32 Å². The van der Waals surface area contributed by atoms with Gasteiger partial charge >= 0.3 is 0 Å². The number of hydrogen-bond donors (Lipinski definition) is 1. The molecule has 0 radical (unpaired) electrons. The molecule has 0 atom stereocenters. The number of benzene rings is 2. The van der Waals surface area contributed by atoms with E-state index in [9.17, 15) is 13.6 Å². The Balaban J connectivity index is 1.80. The van der Waals surface area contributed by atoms with Gasteiger partial charge in [-0.3, -0.25) is 4.79 Å². The van der Waals surface area contributed by atoms with Crippen molar-refractivity contribution < 1.29 is 13.6 Å². The van der Waals surface area contributed by atoms with Crippen molar-refractivity contribution >= 4 is 5.91 Å². The van der Waals surface area contributed by atoms with Gasteiger partial charge in [0.2, 0.25) is 5.91 Å². The normalized spacial score (nSPS) is 10.3. The van der Waals surface area contributed by atoms with Crippen molar-refractivity contribution in [3.63, 3.8) is 0 Å². The van der Waals surface area contributed by atoms with Crippen LogP contribution >= 0.6 is 0 Å². The van der Waals surface area contributed by atoms with Crippen LogP contribution < -0.4 is 5.32 Å². The van der Waals surface area contributed by atoms with Crippen molar-refractivity contribution in [1.29, 1.82) is 0 Å². The quantitative estimate of drug-likeness (QED) is 0.892. The zero-order valence-corrected chi connectivity index (χ0v) is 10.9. The highest BCUT2D eigenvalue weighted by molar-refractivity contribution is 5.76. The molecule has 2 nitrogen and oxygen atoms in total. The first-order chi connectivity index (χ1) is 9.65. The second-order valence-corrected chi connectivity index (χ2v) is 4.50. The lowest BCUT2D eigenvalue weighted by Crippen LogP contribution is -2.23. The van der Waals surface area contributed by atoms with Crippen LogP contribution in [0.3, 0.4) is 0 Å². The maximum Gasteiger partial charge on any atom is 0.220 e. The zero-order valence-electron chi connectivity index (χ0n) is 10.9. The molecule has 0 aliphatic carbocycles. The van der Waals surface area contributed by atoms with Gasteiger partial charge in [0.15, 0.2) is 0 Å². The molecular weight excluding hydrogens is 260 g/mol. The summed E-state index contributed by atoms with van der Waals surface area (Å²) in [6.45, 7) is 0.272. The van der Waals surface area contributed by atoms with Crippen LogP contribution in [0.1, 0.15) is 17.5 Å². The van der Waals surface area contributed by atoms with Gasteiger partial charge in [0.05, 0.1) is 0 Å². The molecule has 2 aromatic carbocycles. The van der Waals surface area contributed by atoms with Crippen molar-refractivity contribution in [3.05, 3.63) is 71.3 Å². The number of aryl methyl sites for hydroxylation is 1. The van der Waals surface area contributed by atoms with E-state index in [1.165, 1.54) is 18.2 Å². The minimum atomic E-state index is -0.330. The van der Waals surface area contributed by atoms with Crippen LogP contribution in [0.25, 0.3) is 0 Å².